The Morgan fingerprint density at radius 2 is 1.50 bits per heavy atom. The van der Waals surface area contributed by atoms with Gasteiger partial charge in [-0.2, -0.15) is 0 Å². The van der Waals surface area contributed by atoms with Gasteiger partial charge in [0.15, 0.2) is 0 Å². The second-order valence-electron chi connectivity index (χ2n) is 7.23. The molecular weight excluding hydrogens is 362 g/mol. The van der Waals surface area contributed by atoms with Gasteiger partial charge < -0.3 is 4.90 Å². The van der Waals surface area contributed by atoms with E-state index in [9.17, 15) is 4.79 Å². The average Bonchev–Trinajstić information content (AvgIpc) is 2.77. The Morgan fingerprint density at radius 1 is 0.857 bits per heavy atom. The minimum atomic E-state index is 0.244. The predicted molar refractivity (Wildman–Crippen MR) is 117 cm³/mol. The summed E-state index contributed by atoms with van der Waals surface area (Å²) in [5.74, 6) is 0.766. The molecular formula is C25H25NOS. The van der Waals surface area contributed by atoms with E-state index in [1.165, 1.54) is 22.3 Å². The fourth-order valence-corrected chi connectivity index (χ4v) is 4.93. The van der Waals surface area contributed by atoms with Crippen LogP contribution < -0.4 is 0 Å². The van der Waals surface area contributed by atoms with Crippen LogP contribution in [0.4, 0.5) is 0 Å². The van der Waals surface area contributed by atoms with Crippen LogP contribution in [0.15, 0.2) is 84.9 Å². The van der Waals surface area contributed by atoms with E-state index in [2.05, 4.69) is 72.8 Å². The van der Waals surface area contributed by atoms with E-state index in [4.69, 9.17) is 0 Å². The van der Waals surface area contributed by atoms with E-state index in [0.29, 0.717) is 5.75 Å². The number of fused-ring (bicyclic) bond motifs is 1. The van der Waals surface area contributed by atoms with Gasteiger partial charge >= 0.3 is 0 Å². The van der Waals surface area contributed by atoms with Crippen molar-refractivity contribution in [3.05, 3.63) is 107 Å². The molecule has 1 amide bonds. The lowest BCUT2D eigenvalue weighted by molar-refractivity contribution is -0.129. The number of amides is 1. The second kappa shape index (κ2) is 9.11. The summed E-state index contributed by atoms with van der Waals surface area (Å²) in [6.07, 6.45) is 1.89. The van der Waals surface area contributed by atoms with Gasteiger partial charge in [0.25, 0.3) is 0 Å². The zero-order chi connectivity index (χ0) is 19.2. The minimum Gasteiger partial charge on any atom is -0.337 e. The van der Waals surface area contributed by atoms with Crippen molar-refractivity contribution >= 4 is 17.7 Å². The van der Waals surface area contributed by atoms with Crippen molar-refractivity contribution in [3.8, 4) is 0 Å². The highest BCUT2D eigenvalue weighted by Gasteiger charge is 2.22. The molecule has 142 valence electrons. The Hall–Kier alpha value is -2.52. The molecule has 3 aromatic carbocycles. The molecule has 3 heteroatoms. The number of nitrogens with zero attached hydrogens (tertiary/aromatic N) is 1. The molecule has 1 atom stereocenters. The molecule has 0 saturated carbocycles. The first kappa shape index (κ1) is 18.8. The molecule has 0 saturated heterocycles. The SMILES string of the molecule is O=C(CSC(Cc1ccccc1)c1ccccc1)N1CCc2ccccc2C1. The zero-order valence-electron chi connectivity index (χ0n) is 16.0. The molecule has 0 aromatic heterocycles. The van der Waals surface area contributed by atoms with Gasteiger partial charge in [-0.05, 0) is 35.1 Å². The maximum atomic E-state index is 12.9. The summed E-state index contributed by atoms with van der Waals surface area (Å²) in [7, 11) is 0. The number of hydrogen-bond acceptors (Lipinski definition) is 2. The first-order valence-corrected chi connectivity index (χ1v) is 10.9. The first-order valence-electron chi connectivity index (χ1n) is 9.84. The highest BCUT2D eigenvalue weighted by molar-refractivity contribution is 8.00. The maximum Gasteiger partial charge on any atom is 0.232 e. The third-order valence-electron chi connectivity index (χ3n) is 5.33. The molecule has 4 rings (SSSR count). The molecule has 0 bridgehead atoms. The fraction of sp³-hybridized carbons (Fsp3) is 0.240. The van der Waals surface area contributed by atoms with Crippen LogP contribution in [-0.4, -0.2) is 23.1 Å². The highest BCUT2D eigenvalue weighted by Crippen LogP contribution is 2.33. The fourth-order valence-electron chi connectivity index (χ4n) is 3.74. The van der Waals surface area contributed by atoms with Crippen LogP contribution in [0.3, 0.4) is 0 Å². The lowest BCUT2D eigenvalue weighted by Gasteiger charge is -2.29. The Kier molecular flexibility index (Phi) is 6.13. The number of thioether (sulfide) groups is 1. The summed E-state index contributed by atoms with van der Waals surface area (Å²) in [4.78, 5) is 14.9. The zero-order valence-corrected chi connectivity index (χ0v) is 16.8. The Morgan fingerprint density at radius 3 is 2.25 bits per heavy atom. The van der Waals surface area contributed by atoms with E-state index >= 15 is 0 Å². The number of carbonyl (C=O) groups is 1. The minimum absolute atomic E-state index is 0.244. The molecule has 3 aromatic rings. The van der Waals surface area contributed by atoms with Gasteiger partial charge in [0.05, 0.1) is 5.75 Å². The van der Waals surface area contributed by atoms with Crippen molar-refractivity contribution in [3.63, 3.8) is 0 Å². The Labute approximate surface area is 171 Å². The molecule has 1 aliphatic heterocycles. The number of hydrogen-bond donors (Lipinski definition) is 0. The summed E-state index contributed by atoms with van der Waals surface area (Å²) in [5, 5.41) is 0.282. The van der Waals surface area contributed by atoms with Crippen LogP contribution in [0.2, 0.25) is 0 Å². The van der Waals surface area contributed by atoms with Gasteiger partial charge in [-0.25, -0.2) is 0 Å². The Balaban J connectivity index is 1.42. The summed E-state index contributed by atoms with van der Waals surface area (Å²) >= 11 is 1.76. The van der Waals surface area contributed by atoms with Crippen LogP contribution in [0.1, 0.15) is 27.5 Å². The second-order valence-corrected chi connectivity index (χ2v) is 8.43. The van der Waals surface area contributed by atoms with Crippen LogP contribution in [0.25, 0.3) is 0 Å². The van der Waals surface area contributed by atoms with E-state index in [0.717, 1.165) is 25.9 Å². The Bertz CT molecular complexity index is 910. The monoisotopic (exact) mass is 387 g/mol. The lowest BCUT2D eigenvalue weighted by atomic mass is 10.00. The van der Waals surface area contributed by atoms with Gasteiger partial charge in [-0.3, -0.25) is 4.79 Å². The van der Waals surface area contributed by atoms with Crippen molar-refractivity contribution in [2.75, 3.05) is 12.3 Å². The largest absolute Gasteiger partial charge is 0.337 e. The van der Waals surface area contributed by atoms with Crippen LogP contribution in [-0.2, 0) is 24.2 Å². The van der Waals surface area contributed by atoms with Gasteiger partial charge in [0.2, 0.25) is 5.91 Å². The number of benzene rings is 3. The molecule has 0 spiro atoms. The average molecular weight is 388 g/mol. The van der Waals surface area contributed by atoms with E-state index in [-0.39, 0.29) is 11.2 Å². The molecule has 1 heterocycles. The summed E-state index contributed by atoms with van der Waals surface area (Å²) in [6.45, 7) is 1.56. The van der Waals surface area contributed by atoms with Crippen molar-refractivity contribution < 1.29 is 4.79 Å². The van der Waals surface area contributed by atoms with Gasteiger partial charge in [-0.15, -0.1) is 11.8 Å². The summed E-state index contributed by atoms with van der Waals surface area (Å²) < 4.78 is 0. The highest BCUT2D eigenvalue weighted by atomic mass is 32.2. The van der Waals surface area contributed by atoms with Gasteiger partial charge in [0.1, 0.15) is 0 Å². The quantitative estimate of drug-likeness (QED) is 0.573. The first-order chi connectivity index (χ1) is 13.8. The molecule has 2 nitrogen and oxygen atoms in total. The topological polar surface area (TPSA) is 20.3 Å². The van der Waals surface area contributed by atoms with Gasteiger partial charge in [-0.1, -0.05) is 84.9 Å². The normalized spacial score (nSPS) is 14.4. The standard InChI is InChI=1S/C25H25NOS/c27-25(26-16-15-21-11-7-8-14-23(21)18-26)19-28-24(22-12-5-2-6-13-22)17-20-9-3-1-4-10-20/h1-14,24H,15-19H2. The van der Waals surface area contributed by atoms with Crippen LogP contribution in [0, 0.1) is 0 Å². The summed E-state index contributed by atoms with van der Waals surface area (Å²) in [6, 6.07) is 29.6. The van der Waals surface area contributed by atoms with Crippen molar-refractivity contribution in [1.82, 2.24) is 4.90 Å². The molecule has 28 heavy (non-hydrogen) atoms. The van der Waals surface area contributed by atoms with Crippen LogP contribution in [0.5, 0.6) is 0 Å². The van der Waals surface area contributed by atoms with E-state index < -0.39 is 0 Å². The maximum absolute atomic E-state index is 12.9. The van der Waals surface area contributed by atoms with Crippen molar-refractivity contribution in [1.29, 1.82) is 0 Å². The molecule has 0 N–H and O–H groups in total. The lowest BCUT2D eigenvalue weighted by Crippen LogP contribution is -2.37. The van der Waals surface area contributed by atoms with E-state index in [1.807, 2.05) is 17.0 Å². The molecule has 1 unspecified atom stereocenters. The molecule has 0 radical (unpaired) electrons. The predicted octanol–water partition coefficient (Wildman–Crippen LogP) is 5.29. The smallest absolute Gasteiger partial charge is 0.232 e. The van der Waals surface area contributed by atoms with Crippen LogP contribution >= 0.6 is 11.8 Å². The number of carbonyl (C=O) groups excluding carboxylic acids is 1. The molecule has 0 fully saturated rings. The third-order valence-corrected chi connectivity index (χ3v) is 6.58. The third kappa shape index (κ3) is 4.66. The van der Waals surface area contributed by atoms with Crippen molar-refractivity contribution in [2.24, 2.45) is 0 Å². The molecule has 0 aliphatic carbocycles. The van der Waals surface area contributed by atoms with Crippen molar-refractivity contribution in [2.45, 2.75) is 24.6 Å². The molecule has 1 aliphatic rings. The van der Waals surface area contributed by atoms with Gasteiger partial charge in [0, 0.05) is 18.3 Å². The van der Waals surface area contributed by atoms with E-state index in [1.54, 1.807) is 11.8 Å². The number of rotatable bonds is 6. The summed E-state index contributed by atoms with van der Waals surface area (Å²) in [5.41, 5.74) is 5.26.